The highest BCUT2D eigenvalue weighted by Crippen LogP contribution is 2.14. The van der Waals surface area contributed by atoms with Gasteiger partial charge in [-0.3, -0.25) is 10.1 Å². The zero-order valence-electron chi connectivity index (χ0n) is 15.9. The fraction of sp³-hybridized carbons (Fsp3) is 0.474. The van der Waals surface area contributed by atoms with Crippen molar-refractivity contribution in [1.82, 2.24) is 20.5 Å². The fourth-order valence-corrected chi connectivity index (χ4v) is 2.22. The average molecular weight is 374 g/mol. The molecule has 0 spiro atoms. The van der Waals surface area contributed by atoms with E-state index in [1.54, 1.807) is 12.3 Å². The Balaban J connectivity index is 1.60. The van der Waals surface area contributed by atoms with Crippen LogP contribution in [0.4, 0.5) is 4.79 Å². The summed E-state index contributed by atoms with van der Waals surface area (Å²) in [5, 5.41) is 9.44. The molecular formula is C19H26N4O4. The van der Waals surface area contributed by atoms with E-state index in [4.69, 9.17) is 9.47 Å². The molecule has 0 aliphatic rings. The van der Waals surface area contributed by atoms with E-state index in [2.05, 4.69) is 20.5 Å². The van der Waals surface area contributed by atoms with Gasteiger partial charge in [-0.1, -0.05) is 6.07 Å². The lowest BCUT2D eigenvalue weighted by molar-refractivity contribution is 0.0491. The van der Waals surface area contributed by atoms with Crippen molar-refractivity contribution < 1.29 is 19.1 Å². The molecule has 0 bridgehead atoms. The third-order valence-electron chi connectivity index (χ3n) is 3.45. The Morgan fingerprint density at radius 3 is 2.67 bits per heavy atom. The quantitative estimate of drug-likeness (QED) is 0.542. The Kier molecular flexibility index (Phi) is 7.34. The number of carbonyl (C=O) groups is 2. The Labute approximate surface area is 158 Å². The van der Waals surface area contributed by atoms with E-state index in [0.717, 1.165) is 12.8 Å². The van der Waals surface area contributed by atoms with Gasteiger partial charge in [0.1, 0.15) is 17.0 Å². The third kappa shape index (κ3) is 7.47. The molecule has 0 aromatic carbocycles. The van der Waals surface area contributed by atoms with Crippen LogP contribution in [-0.4, -0.2) is 46.0 Å². The second kappa shape index (κ2) is 9.70. The summed E-state index contributed by atoms with van der Waals surface area (Å²) in [5.41, 5.74) is 1.07. The molecule has 146 valence electrons. The average Bonchev–Trinajstić information content (AvgIpc) is 3.10. The maximum Gasteiger partial charge on any atom is 0.407 e. The maximum atomic E-state index is 12.0. The zero-order valence-corrected chi connectivity index (χ0v) is 15.9. The van der Waals surface area contributed by atoms with Crippen molar-refractivity contribution in [3.05, 3.63) is 36.2 Å². The highest BCUT2D eigenvalue weighted by molar-refractivity contribution is 5.88. The van der Waals surface area contributed by atoms with E-state index in [0.29, 0.717) is 36.7 Å². The number of esters is 1. The summed E-state index contributed by atoms with van der Waals surface area (Å²) < 4.78 is 10.4. The predicted octanol–water partition coefficient (Wildman–Crippen LogP) is 3.32. The van der Waals surface area contributed by atoms with Gasteiger partial charge in [-0.2, -0.15) is 5.10 Å². The molecule has 8 heteroatoms. The molecule has 2 aromatic heterocycles. The van der Waals surface area contributed by atoms with Crippen molar-refractivity contribution >= 4 is 12.1 Å². The molecule has 0 radical (unpaired) electrons. The molecule has 1 amide bonds. The molecule has 0 unspecified atom stereocenters. The lowest BCUT2D eigenvalue weighted by atomic mass is 10.2. The van der Waals surface area contributed by atoms with Crippen LogP contribution >= 0.6 is 0 Å². The van der Waals surface area contributed by atoms with Crippen molar-refractivity contribution in [2.75, 3.05) is 13.2 Å². The minimum atomic E-state index is -0.499. The summed E-state index contributed by atoms with van der Waals surface area (Å²) in [7, 11) is 0. The number of aromatic amines is 1. The molecule has 0 atom stereocenters. The fourth-order valence-electron chi connectivity index (χ4n) is 2.22. The van der Waals surface area contributed by atoms with Crippen molar-refractivity contribution in [3.8, 4) is 11.4 Å². The highest BCUT2D eigenvalue weighted by Gasteiger charge is 2.15. The molecule has 2 aromatic rings. The minimum Gasteiger partial charge on any atom is -0.461 e. The number of pyridine rings is 1. The van der Waals surface area contributed by atoms with Crippen molar-refractivity contribution in [3.63, 3.8) is 0 Å². The number of nitrogens with zero attached hydrogens (tertiary/aromatic N) is 2. The summed E-state index contributed by atoms with van der Waals surface area (Å²) in [4.78, 5) is 27.7. The van der Waals surface area contributed by atoms with Gasteiger partial charge in [0.2, 0.25) is 0 Å². The van der Waals surface area contributed by atoms with Gasteiger partial charge in [-0.25, -0.2) is 9.59 Å². The molecule has 27 heavy (non-hydrogen) atoms. The number of nitrogens with one attached hydrogen (secondary N) is 2. The number of aromatic nitrogens is 3. The molecule has 0 aliphatic carbocycles. The molecule has 0 saturated carbocycles. The van der Waals surface area contributed by atoms with Crippen molar-refractivity contribution in [2.45, 2.75) is 45.6 Å². The first-order valence-electron chi connectivity index (χ1n) is 8.96. The molecule has 0 saturated heterocycles. The second-order valence-corrected chi connectivity index (χ2v) is 7.01. The largest absolute Gasteiger partial charge is 0.461 e. The van der Waals surface area contributed by atoms with E-state index in [9.17, 15) is 9.59 Å². The lowest BCUT2D eigenvalue weighted by Gasteiger charge is -2.19. The van der Waals surface area contributed by atoms with Gasteiger partial charge < -0.3 is 14.8 Å². The van der Waals surface area contributed by atoms with Gasteiger partial charge in [0.05, 0.1) is 12.3 Å². The molecule has 8 nitrogen and oxygen atoms in total. The van der Waals surface area contributed by atoms with Crippen LogP contribution in [-0.2, 0) is 9.47 Å². The van der Waals surface area contributed by atoms with Crippen LogP contribution in [0.15, 0.2) is 30.5 Å². The van der Waals surface area contributed by atoms with Crippen LogP contribution in [0.2, 0.25) is 0 Å². The lowest BCUT2D eigenvalue weighted by Crippen LogP contribution is -2.33. The Morgan fingerprint density at radius 2 is 1.96 bits per heavy atom. The minimum absolute atomic E-state index is 0.294. The van der Waals surface area contributed by atoms with Crippen molar-refractivity contribution in [2.24, 2.45) is 0 Å². The molecular weight excluding hydrogens is 348 g/mol. The van der Waals surface area contributed by atoms with E-state index < -0.39 is 17.7 Å². The Bertz CT molecular complexity index is 738. The number of alkyl carbamates (subject to hydrolysis) is 1. The number of rotatable bonds is 8. The number of H-pyrrole nitrogens is 1. The number of hydrogen-bond donors (Lipinski definition) is 2. The molecule has 2 rings (SSSR count). The van der Waals surface area contributed by atoms with Crippen LogP contribution < -0.4 is 5.32 Å². The number of unbranched alkanes of at least 4 members (excludes halogenated alkanes) is 2. The monoisotopic (exact) mass is 374 g/mol. The smallest absolute Gasteiger partial charge is 0.407 e. The summed E-state index contributed by atoms with van der Waals surface area (Å²) in [6, 6.07) is 7.10. The SMILES string of the molecule is CC(C)(C)OC(=O)NCCCCCOC(=O)c1cc(-c2ccccn2)n[nH]1. The van der Waals surface area contributed by atoms with Crippen LogP contribution in [0.3, 0.4) is 0 Å². The van der Waals surface area contributed by atoms with Crippen LogP contribution in [0.25, 0.3) is 11.4 Å². The van der Waals surface area contributed by atoms with Crippen LogP contribution in [0.1, 0.15) is 50.5 Å². The summed E-state index contributed by atoms with van der Waals surface area (Å²) in [6.45, 7) is 6.29. The molecule has 0 aliphatic heterocycles. The maximum absolute atomic E-state index is 12.0. The summed E-state index contributed by atoms with van der Waals surface area (Å²) in [6.07, 6.45) is 3.57. The number of hydrogen-bond acceptors (Lipinski definition) is 6. The topological polar surface area (TPSA) is 106 Å². The van der Waals surface area contributed by atoms with Gasteiger partial charge in [0, 0.05) is 18.8 Å². The third-order valence-corrected chi connectivity index (χ3v) is 3.45. The zero-order chi connectivity index (χ0) is 19.7. The molecule has 2 N–H and O–H groups in total. The first kappa shape index (κ1) is 20.4. The van der Waals surface area contributed by atoms with E-state index in [1.165, 1.54) is 0 Å². The Morgan fingerprint density at radius 1 is 1.15 bits per heavy atom. The van der Waals surface area contributed by atoms with E-state index >= 15 is 0 Å². The molecule has 0 fully saturated rings. The van der Waals surface area contributed by atoms with Gasteiger partial charge >= 0.3 is 12.1 Å². The summed E-state index contributed by atoms with van der Waals surface area (Å²) in [5.74, 6) is -0.448. The first-order valence-corrected chi connectivity index (χ1v) is 8.96. The van der Waals surface area contributed by atoms with E-state index in [-0.39, 0.29) is 0 Å². The highest BCUT2D eigenvalue weighted by atomic mass is 16.6. The second-order valence-electron chi connectivity index (χ2n) is 7.01. The number of carbonyl (C=O) groups excluding carboxylic acids is 2. The number of amides is 1. The van der Waals surface area contributed by atoms with Gasteiger partial charge in [-0.05, 0) is 52.2 Å². The Hall–Kier alpha value is -2.90. The van der Waals surface area contributed by atoms with Gasteiger partial charge in [0.25, 0.3) is 0 Å². The first-order chi connectivity index (χ1) is 12.8. The molecule has 2 heterocycles. The standard InChI is InChI=1S/C19H26N4O4/c1-19(2,3)27-18(25)21-11-6-4-8-12-26-17(24)16-13-15(22-23-16)14-9-5-7-10-20-14/h5,7,9-10,13H,4,6,8,11-12H2,1-3H3,(H,21,25)(H,22,23). The normalized spacial score (nSPS) is 11.1. The van der Waals surface area contributed by atoms with Gasteiger partial charge in [0.15, 0.2) is 0 Å². The van der Waals surface area contributed by atoms with Crippen LogP contribution in [0, 0.1) is 0 Å². The van der Waals surface area contributed by atoms with E-state index in [1.807, 2.05) is 39.0 Å². The van der Waals surface area contributed by atoms with Crippen molar-refractivity contribution in [1.29, 1.82) is 0 Å². The summed E-state index contributed by atoms with van der Waals surface area (Å²) >= 11 is 0. The van der Waals surface area contributed by atoms with Gasteiger partial charge in [-0.15, -0.1) is 0 Å². The number of ether oxygens (including phenoxy) is 2. The predicted molar refractivity (Wildman–Crippen MR) is 100 cm³/mol. The van der Waals surface area contributed by atoms with Crippen LogP contribution in [0.5, 0.6) is 0 Å².